The van der Waals surface area contributed by atoms with Crippen molar-refractivity contribution in [3.8, 4) is 0 Å². The molecule has 6 heteroatoms. The van der Waals surface area contributed by atoms with Crippen molar-refractivity contribution in [3.05, 3.63) is 51.4 Å². The summed E-state index contributed by atoms with van der Waals surface area (Å²) in [5, 5.41) is 3.72. The van der Waals surface area contributed by atoms with Crippen LogP contribution in [-0.4, -0.2) is 21.2 Å². The van der Waals surface area contributed by atoms with Crippen molar-refractivity contribution < 1.29 is 4.79 Å². The van der Waals surface area contributed by atoms with Gasteiger partial charge in [-0.2, -0.15) is 0 Å². The minimum atomic E-state index is -0.243. The van der Waals surface area contributed by atoms with E-state index in [4.69, 9.17) is 0 Å². The van der Waals surface area contributed by atoms with E-state index in [0.717, 1.165) is 16.8 Å². The number of aryl methyl sites for hydroxylation is 3. The number of aromatic nitrogens is 2. The van der Waals surface area contributed by atoms with E-state index in [1.807, 2.05) is 32.0 Å². The summed E-state index contributed by atoms with van der Waals surface area (Å²) >= 11 is 1.46. The van der Waals surface area contributed by atoms with Gasteiger partial charge in [0.1, 0.15) is 0 Å². The number of rotatable bonds is 2. The van der Waals surface area contributed by atoms with Crippen LogP contribution in [0.2, 0.25) is 0 Å². The molecule has 23 heavy (non-hydrogen) atoms. The Bertz CT molecular complexity index is 809. The Morgan fingerprint density at radius 1 is 1.26 bits per heavy atom. The molecule has 3 rings (SSSR count). The van der Waals surface area contributed by atoms with Gasteiger partial charge in [-0.3, -0.25) is 14.2 Å². The molecule has 0 saturated heterocycles. The summed E-state index contributed by atoms with van der Waals surface area (Å²) in [7, 11) is 0. The fraction of sp³-hybridized carbons (Fsp3) is 0.353. The summed E-state index contributed by atoms with van der Waals surface area (Å²) in [6, 6.07) is 5.93. The minimum Gasteiger partial charge on any atom is -0.325 e. The molecule has 0 radical (unpaired) electrons. The molecule has 1 aromatic carbocycles. The predicted octanol–water partition coefficient (Wildman–Crippen LogP) is 2.53. The second-order valence-electron chi connectivity index (χ2n) is 5.90. The molecular weight excluding hydrogens is 310 g/mol. The van der Waals surface area contributed by atoms with Crippen LogP contribution in [0.5, 0.6) is 0 Å². The number of nitrogens with zero attached hydrogens (tertiary/aromatic N) is 2. The third kappa shape index (κ3) is 3.03. The fourth-order valence-corrected chi connectivity index (χ4v) is 3.74. The number of amides is 1. The van der Waals surface area contributed by atoms with Gasteiger partial charge in [-0.05, 0) is 31.9 Å². The lowest BCUT2D eigenvalue weighted by atomic mass is 10.1. The Hall–Kier alpha value is -2.08. The number of benzene rings is 1. The van der Waals surface area contributed by atoms with Crippen molar-refractivity contribution in [2.45, 2.75) is 32.5 Å². The quantitative estimate of drug-likeness (QED) is 0.860. The van der Waals surface area contributed by atoms with Crippen LogP contribution in [0.25, 0.3) is 0 Å². The number of hydrogen-bond acceptors (Lipinski definition) is 4. The van der Waals surface area contributed by atoms with Gasteiger partial charge in [-0.1, -0.05) is 30.0 Å². The van der Waals surface area contributed by atoms with Crippen molar-refractivity contribution >= 4 is 23.4 Å². The lowest BCUT2D eigenvalue weighted by Crippen LogP contribution is -2.37. The molecule has 0 spiro atoms. The van der Waals surface area contributed by atoms with Crippen LogP contribution >= 0.6 is 11.8 Å². The van der Waals surface area contributed by atoms with E-state index in [1.54, 1.807) is 17.7 Å². The first kappa shape index (κ1) is 15.8. The van der Waals surface area contributed by atoms with E-state index >= 15 is 0 Å². The van der Waals surface area contributed by atoms with E-state index < -0.39 is 0 Å². The lowest BCUT2D eigenvalue weighted by molar-refractivity contribution is -0.119. The first-order valence-corrected chi connectivity index (χ1v) is 8.52. The smallest absolute Gasteiger partial charge is 0.257 e. The molecule has 1 aromatic heterocycles. The van der Waals surface area contributed by atoms with Gasteiger partial charge in [-0.25, -0.2) is 4.98 Å². The Balaban J connectivity index is 1.82. The number of thioether (sulfide) groups is 1. The van der Waals surface area contributed by atoms with Crippen molar-refractivity contribution in [1.29, 1.82) is 0 Å². The Morgan fingerprint density at radius 2 is 1.96 bits per heavy atom. The highest BCUT2D eigenvalue weighted by Gasteiger charge is 2.27. The number of carbonyl (C=O) groups excluding carboxylic acids is 1. The standard InChI is InChI=1S/C17H19N3O2S/c1-10-5-4-6-11(2)14(10)19-15(21)13-8-20-16(22)12(3)7-18-17(20)23-9-13/h4-7,13H,8-9H2,1-3H3,(H,19,21). The second-order valence-corrected chi connectivity index (χ2v) is 6.89. The number of fused-ring (bicyclic) bond motifs is 1. The molecule has 1 amide bonds. The van der Waals surface area contributed by atoms with Crippen LogP contribution in [0.1, 0.15) is 16.7 Å². The van der Waals surface area contributed by atoms with E-state index in [9.17, 15) is 9.59 Å². The molecule has 120 valence electrons. The van der Waals surface area contributed by atoms with Crippen molar-refractivity contribution in [2.75, 3.05) is 11.1 Å². The summed E-state index contributed by atoms with van der Waals surface area (Å²) in [5.41, 5.74) is 3.48. The van der Waals surface area contributed by atoms with E-state index in [-0.39, 0.29) is 17.4 Å². The first-order chi connectivity index (χ1) is 11.0. The molecule has 0 aliphatic carbocycles. The molecule has 0 fully saturated rings. The number of anilines is 1. The number of nitrogens with one attached hydrogen (secondary N) is 1. The predicted molar refractivity (Wildman–Crippen MR) is 92.0 cm³/mol. The number of carbonyl (C=O) groups is 1. The largest absolute Gasteiger partial charge is 0.325 e. The molecule has 5 nitrogen and oxygen atoms in total. The Labute approximate surface area is 139 Å². The molecule has 1 atom stereocenters. The highest BCUT2D eigenvalue weighted by atomic mass is 32.2. The number of hydrogen-bond donors (Lipinski definition) is 1. The van der Waals surface area contributed by atoms with Gasteiger partial charge in [0.05, 0.1) is 5.92 Å². The van der Waals surface area contributed by atoms with Crippen molar-refractivity contribution in [3.63, 3.8) is 0 Å². The SMILES string of the molecule is Cc1cccc(C)c1NC(=O)C1CSc2ncc(C)c(=O)n2C1. The highest BCUT2D eigenvalue weighted by molar-refractivity contribution is 7.99. The van der Waals surface area contributed by atoms with Crippen LogP contribution in [0, 0.1) is 26.7 Å². The van der Waals surface area contributed by atoms with Gasteiger partial charge in [-0.15, -0.1) is 0 Å². The Morgan fingerprint density at radius 3 is 2.65 bits per heavy atom. The average molecular weight is 329 g/mol. The summed E-state index contributed by atoms with van der Waals surface area (Å²) in [6.07, 6.45) is 1.60. The van der Waals surface area contributed by atoms with Crippen LogP contribution in [0.15, 0.2) is 34.3 Å². The molecule has 0 saturated carbocycles. The summed E-state index contributed by atoms with van der Waals surface area (Å²) < 4.78 is 1.61. The zero-order valence-corrected chi connectivity index (χ0v) is 14.2. The maximum atomic E-state index is 12.6. The van der Waals surface area contributed by atoms with Gasteiger partial charge < -0.3 is 5.32 Å². The van der Waals surface area contributed by atoms with Gasteiger partial charge in [0.15, 0.2) is 5.16 Å². The Kier molecular flexibility index (Phi) is 4.26. The summed E-state index contributed by atoms with van der Waals surface area (Å²) in [5.74, 6) is 0.341. The average Bonchev–Trinajstić information content (AvgIpc) is 2.54. The minimum absolute atomic E-state index is 0.0473. The topological polar surface area (TPSA) is 64.0 Å². The molecule has 1 aliphatic rings. The third-order valence-corrected chi connectivity index (χ3v) is 5.25. The highest BCUT2D eigenvalue weighted by Crippen LogP contribution is 2.27. The van der Waals surface area contributed by atoms with Crippen LogP contribution < -0.4 is 10.9 Å². The maximum Gasteiger partial charge on any atom is 0.257 e. The molecule has 2 heterocycles. The fourth-order valence-electron chi connectivity index (χ4n) is 2.70. The number of para-hydroxylation sites is 1. The van der Waals surface area contributed by atoms with Crippen molar-refractivity contribution in [1.82, 2.24) is 9.55 Å². The normalized spacial score (nSPS) is 16.7. The van der Waals surface area contributed by atoms with Gasteiger partial charge in [0.2, 0.25) is 5.91 Å². The molecule has 1 aliphatic heterocycles. The van der Waals surface area contributed by atoms with Crippen LogP contribution in [0.4, 0.5) is 5.69 Å². The van der Waals surface area contributed by atoms with Crippen LogP contribution in [0.3, 0.4) is 0 Å². The molecule has 2 aromatic rings. The van der Waals surface area contributed by atoms with E-state index in [1.165, 1.54) is 11.8 Å². The van der Waals surface area contributed by atoms with Gasteiger partial charge in [0.25, 0.3) is 5.56 Å². The van der Waals surface area contributed by atoms with Gasteiger partial charge in [0, 0.05) is 29.7 Å². The lowest BCUT2D eigenvalue weighted by Gasteiger charge is -2.25. The molecule has 1 N–H and O–H groups in total. The molecule has 1 unspecified atom stereocenters. The monoisotopic (exact) mass is 329 g/mol. The maximum absolute atomic E-state index is 12.6. The van der Waals surface area contributed by atoms with Crippen molar-refractivity contribution in [2.24, 2.45) is 5.92 Å². The van der Waals surface area contributed by atoms with Crippen LogP contribution in [-0.2, 0) is 11.3 Å². The molecule has 0 bridgehead atoms. The zero-order valence-electron chi connectivity index (χ0n) is 13.4. The molecular formula is C17H19N3O2S. The van der Waals surface area contributed by atoms with E-state index in [2.05, 4.69) is 10.3 Å². The third-order valence-electron chi connectivity index (χ3n) is 4.10. The summed E-state index contributed by atoms with van der Waals surface area (Å²) in [6.45, 7) is 6.08. The summed E-state index contributed by atoms with van der Waals surface area (Å²) in [4.78, 5) is 29.1. The first-order valence-electron chi connectivity index (χ1n) is 7.53. The zero-order chi connectivity index (χ0) is 16.6. The van der Waals surface area contributed by atoms with E-state index in [0.29, 0.717) is 23.0 Å². The second kappa shape index (κ2) is 6.20. The van der Waals surface area contributed by atoms with Gasteiger partial charge >= 0.3 is 0 Å².